The van der Waals surface area contributed by atoms with Crippen molar-refractivity contribution in [1.82, 2.24) is 0 Å². The molecule has 2 atom stereocenters. The van der Waals surface area contributed by atoms with Crippen LogP contribution in [0.5, 0.6) is 5.75 Å². The van der Waals surface area contributed by atoms with Crippen molar-refractivity contribution in [2.45, 2.75) is 26.2 Å². The second kappa shape index (κ2) is 8.87. The van der Waals surface area contributed by atoms with E-state index >= 15 is 0 Å². The molecule has 5 heteroatoms. The van der Waals surface area contributed by atoms with E-state index in [1.165, 1.54) is 0 Å². The first-order chi connectivity index (χ1) is 12.0. The first-order valence-electron chi connectivity index (χ1n) is 8.38. The maximum atomic E-state index is 12.8. The number of amides is 2. The number of rotatable bonds is 8. The zero-order valence-corrected chi connectivity index (χ0v) is 14.6. The quantitative estimate of drug-likeness (QED) is 0.773. The van der Waals surface area contributed by atoms with E-state index in [1.54, 1.807) is 24.3 Å². The molecule has 0 spiro atoms. The normalized spacial score (nSPS) is 12.9. The van der Waals surface area contributed by atoms with Gasteiger partial charge in [-0.3, -0.25) is 9.59 Å². The molecule has 2 unspecified atom stereocenters. The Morgan fingerprint density at radius 3 is 2.28 bits per heavy atom. The monoisotopic (exact) mass is 340 g/mol. The number of hydrogen-bond acceptors (Lipinski definition) is 3. The third kappa shape index (κ3) is 5.35. The predicted octanol–water partition coefficient (Wildman–Crippen LogP) is 3.32. The van der Waals surface area contributed by atoms with Gasteiger partial charge in [0.1, 0.15) is 5.75 Å². The molecule has 0 aliphatic heterocycles. The number of ether oxygens (including phenoxy) is 1. The molecule has 25 heavy (non-hydrogen) atoms. The zero-order chi connectivity index (χ0) is 18.2. The van der Waals surface area contributed by atoms with Gasteiger partial charge in [-0.1, -0.05) is 50.6 Å². The zero-order valence-electron chi connectivity index (χ0n) is 14.6. The summed E-state index contributed by atoms with van der Waals surface area (Å²) < 4.78 is 5.21. The van der Waals surface area contributed by atoms with Gasteiger partial charge < -0.3 is 15.8 Å². The van der Waals surface area contributed by atoms with Crippen LogP contribution < -0.4 is 15.8 Å². The Hall–Kier alpha value is -2.82. The van der Waals surface area contributed by atoms with Gasteiger partial charge in [0.05, 0.1) is 5.92 Å². The van der Waals surface area contributed by atoms with Crippen LogP contribution in [0.1, 0.15) is 31.7 Å². The van der Waals surface area contributed by atoms with E-state index in [0.29, 0.717) is 11.4 Å². The fourth-order valence-electron chi connectivity index (χ4n) is 2.64. The van der Waals surface area contributed by atoms with Crippen molar-refractivity contribution in [2.24, 2.45) is 11.7 Å². The van der Waals surface area contributed by atoms with Crippen LogP contribution in [0, 0.1) is 5.92 Å². The fraction of sp³-hybridized carbons (Fsp3) is 0.300. The van der Waals surface area contributed by atoms with E-state index in [4.69, 9.17) is 10.5 Å². The molecule has 0 bridgehead atoms. The summed E-state index contributed by atoms with van der Waals surface area (Å²) in [7, 11) is 0. The van der Waals surface area contributed by atoms with Crippen LogP contribution >= 0.6 is 0 Å². The lowest BCUT2D eigenvalue weighted by Gasteiger charge is -2.23. The highest BCUT2D eigenvalue weighted by molar-refractivity contribution is 5.96. The molecule has 0 aromatic heterocycles. The van der Waals surface area contributed by atoms with Gasteiger partial charge >= 0.3 is 0 Å². The highest BCUT2D eigenvalue weighted by atomic mass is 16.5. The van der Waals surface area contributed by atoms with Crippen molar-refractivity contribution in [3.8, 4) is 5.75 Å². The third-order valence-corrected chi connectivity index (χ3v) is 4.16. The third-order valence-electron chi connectivity index (χ3n) is 4.16. The average molecular weight is 340 g/mol. The smallest absolute Gasteiger partial charge is 0.255 e. The van der Waals surface area contributed by atoms with E-state index in [-0.39, 0.29) is 24.3 Å². The Morgan fingerprint density at radius 2 is 1.72 bits per heavy atom. The molecular formula is C20H24N2O3. The lowest BCUT2D eigenvalue weighted by atomic mass is 9.85. The molecule has 2 aromatic rings. The first-order valence-corrected chi connectivity index (χ1v) is 8.38. The molecule has 132 valence electrons. The molecule has 2 amide bonds. The summed E-state index contributed by atoms with van der Waals surface area (Å²) in [6, 6.07) is 16.7. The number of anilines is 1. The van der Waals surface area contributed by atoms with Crippen molar-refractivity contribution in [3.63, 3.8) is 0 Å². The fourth-order valence-corrected chi connectivity index (χ4v) is 2.64. The molecular weight excluding hydrogens is 316 g/mol. The van der Waals surface area contributed by atoms with Gasteiger partial charge in [-0.2, -0.15) is 0 Å². The second-order valence-electron chi connectivity index (χ2n) is 6.04. The highest BCUT2D eigenvalue weighted by Crippen LogP contribution is 2.28. The van der Waals surface area contributed by atoms with Crippen LogP contribution in [-0.4, -0.2) is 18.4 Å². The Labute approximate surface area is 148 Å². The van der Waals surface area contributed by atoms with Crippen molar-refractivity contribution in [3.05, 3.63) is 60.2 Å². The number of nitrogens with two attached hydrogens (primary N) is 1. The lowest BCUT2D eigenvalue weighted by Crippen LogP contribution is -2.26. The van der Waals surface area contributed by atoms with Gasteiger partial charge in [-0.15, -0.1) is 0 Å². The highest BCUT2D eigenvalue weighted by Gasteiger charge is 2.25. The largest absolute Gasteiger partial charge is 0.484 e. The molecule has 0 saturated carbocycles. The van der Waals surface area contributed by atoms with Crippen LogP contribution in [0.4, 0.5) is 5.69 Å². The molecule has 2 aromatic carbocycles. The molecule has 2 rings (SSSR count). The van der Waals surface area contributed by atoms with Gasteiger partial charge in [-0.05, 0) is 35.7 Å². The molecule has 3 N–H and O–H groups in total. The van der Waals surface area contributed by atoms with E-state index in [1.807, 2.05) is 30.3 Å². The summed E-state index contributed by atoms with van der Waals surface area (Å²) in [5.41, 5.74) is 6.74. The van der Waals surface area contributed by atoms with Gasteiger partial charge in [0, 0.05) is 5.69 Å². The number of hydrogen-bond donors (Lipinski definition) is 2. The van der Waals surface area contributed by atoms with E-state index in [0.717, 1.165) is 12.0 Å². The Morgan fingerprint density at radius 1 is 1.08 bits per heavy atom. The molecule has 0 aliphatic rings. The summed E-state index contributed by atoms with van der Waals surface area (Å²) in [6.45, 7) is 3.99. The van der Waals surface area contributed by atoms with Crippen LogP contribution in [-0.2, 0) is 9.59 Å². The minimum absolute atomic E-state index is 0.0358. The Bertz CT molecular complexity index is 699. The molecule has 0 saturated heterocycles. The SMILES string of the molecule is CCC(C)C(C(=O)Nc1ccc(OCC(N)=O)cc1)c1ccccc1. The van der Waals surface area contributed by atoms with Gasteiger partial charge in [0.25, 0.3) is 5.91 Å². The average Bonchev–Trinajstić information content (AvgIpc) is 2.62. The van der Waals surface area contributed by atoms with E-state index < -0.39 is 5.91 Å². The number of benzene rings is 2. The number of nitrogens with one attached hydrogen (secondary N) is 1. The summed E-state index contributed by atoms with van der Waals surface area (Å²) >= 11 is 0. The van der Waals surface area contributed by atoms with Crippen LogP contribution in [0.15, 0.2) is 54.6 Å². The Balaban J connectivity index is 2.09. The van der Waals surface area contributed by atoms with Crippen molar-refractivity contribution < 1.29 is 14.3 Å². The lowest BCUT2D eigenvalue weighted by molar-refractivity contribution is -0.120. The first kappa shape index (κ1) is 18.5. The Kier molecular flexibility index (Phi) is 6.57. The molecule has 5 nitrogen and oxygen atoms in total. The van der Waals surface area contributed by atoms with Crippen LogP contribution in [0.2, 0.25) is 0 Å². The second-order valence-corrected chi connectivity index (χ2v) is 6.04. The molecule has 0 radical (unpaired) electrons. The maximum absolute atomic E-state index is 12.8. The molecule has 0 heterocycles. The van der Waals surface area contributed by atoms with Gasteiger partial charge in [0.2, 0.25) is 5.91 Å². The van der Waals surface area contributed by atoms with Gasteiger partial charge in [0.15, 0.2) is 6.61 Å². The minimum Gasteiger partial charge on any atom is -0.484 e. The number of primary amides is 1. The van der Waals surface area contributed by atoms with E-state index in [9.17, 15) is 9.59 Å². The van der Waals surface area contributed by atoms with Crippen molar-refractivity contribution in [2.75, 3.05) is 11.9 Å². The molecule has 0 aliphatic carbocycles. The molecule has 0 fully saturated rings. The van der Waals surface area contributed by atoms with Crippen molar-refractivity contribution >= 4 is 17.5 Å². The number of carbonyl (C=O) groups is 2. The van der Waals surface area contributed by atoms with Crippen LogP contribution in [0.25, 0.3) is 0 Å². The van der Waals surface area contributed by atoms with E-state index in [2.05, 4.69) is 19.2 Å². The maximum Gasteiger partial charge on any atom is 0.255 e. The predicted molar refractivity (Wildman–Crippen MR) is 98.4 cm³/mol. The number of carbonyl (C=O) groups excluding carboxylic acids is 2. The topological polar surface area (TPSA) is 81.4 Å². The van der Waals surface area contributed by atoms with Crippen molar-refractivity contribution in [1.29, 1.82) is 0 Å². The summed E-state index contributed by atoms with van der Waals surface area (Å²) in [5.74, 6) is -0.0288. The summed E-state index contributed by atoms with van der Waals surface area (Å²) in [6.07, 6.45) is 0.910. The minimum atomic E-state index is -0.531. The summed E-state index contributed by atoms with van der Waals surface area (Å²) in [4.78, 5) is 23.5. The summed E-state index contributed by atoms with van der Waals surface area (Å²) in [5, 5.41) is 2.96. The standard InChI is InChI=1S/C20H24N2O3/c1-3-14(2)19(15-7-5-4-6-8-15)20(24)22-16-9-11-17(12-10-16)25-13-18(21)23/h4-12,14,19H,3,13H2,1-2H3,(H2,21,23)(H,22,24). The van der Waals surface area contributed by atoms with Crippen LogP contribution in [0.3, 0.4) is 0 Å². The van der Waals surface area contributed by atoms with Gasteiger partial charge in [-0.25, -0.2) is 0 Å².